The lowest BCUT2D eigenvalue weighted by Gasteiger charge is -2.15. The Bertz CT molecular complexity index is 790. The highest BCUT2D eigenvalue weighted by Gasteiger charge is 2.11. The van der Waals surface area contributed by atoms with E-state index < -0.39 is 0 Å². The van der Waals surface area contributed by atoms with Crippen molar-refractivity contribution in [2.45, 2.75) is 17.9 Å². The number of nitrogens with one attached hydrogen (secondary N) is 1. The van der Waals surface area contributed by atoms with Crippen molar-refractivity contribution in [2.75, 3.05) is 5.75 Å². The first-order valence-electron chi connectivity index (χ1n) is 7.64. The highest BCUT2D eigenvalue weighted by molar-refractivity contribution is 8.00. The van der Waals surface area contributed by atoms with Crippen molar-refractivity contribution in [1.29, 1.82) is 0 Å². The van der Waals surface area contributed by atoms with Crippen molar-refractivity contribution < 1.29 is 4.79 Å². The van der Waals surface area contributed by atoms with Crippen molar-refractivity contribution in [2.24, 2.45) is 0 Å². The topological polar surface area (TPSA) is 59.8 Å². The van der Waals surface area contributed by atoms with Crippen LogP contribution in [0.1, 0.15) is 18.5 Å². The Morgan fingerprint density at radius 3 is 2.79 bits per heavy atom. The third-order valence-corrected chi connectivity index (χ3v) is 4.55. The normalized spacial score (nSPS) is 11.9. The summed E-state index contributed by atoms with van der Waals surface area (Å²) < 4.78 is 1.80. The van der Waals surface area contributed by atoms with Crippen LogP contribution in [-0.4, -0.2) is 26.4 Å². The van der Waals surface area contributed by atoms with Crippen LogP contribution in [0.15, 0.2) is 72.1 Å². The summed E-state index contributed by atoms with van der Waals surface area (Å²) in [4.78, 5) is 17.2. The van der Waals surface area contributed by atoms with Gasteiger partial charge in [0.2, 0.25) is 5.91 Å². The number of hydrogen-bond donors (Lipinski definition) is 1. The van der Waals surface area contributed by atoms with Gasteiger partial charge < -0.3 is 5.32 Å². The largest absolute Gasteiger partial charge is 0.349 e. The third-order valence-electron chi connectivity index (χ3n) is 3.54. The molecule has 0 spiro atoms. The van der Waals surface area contributed by atoms with Gasteiger partial charge in [0.1, 0.15) is 0 Å². The SMILES string of the molecule is C[C@@H](NC(=O)CSc1ccncc1)c1cccc(-n2cccn2)c1. The van der Waals surface area contributed by atoms with Crippen LogP contribution in [0.4, 0.5) is 0 Å². The highest BCUT2D eigenvalue weighted by Crippen LogP contribution is 2.18. The maximum absolute atomic E-state index is 12.1. The van der Waals surface area contributed by atoms with E-state index in [4.69, 9.17) is 0 Å². The van der Waals surface area contributed by atoms with Gasteiger partial charge >= 0.3 is 0 Å². The first-order valence-corrected chi connectivity index (χ1v) is 8.63. The van der Waals surface area contributed by atoms with E-state index in [9.17, 15) is 4.79 Å². The molecule has 0 aliphatic heterocycles. The van der Waals surface area contributed by atoms with E-state index in [2.05, 4.69) is 15.4 Å². The van der Waals surface area contributed by atoms with Crippen LogP contribution >= 0.6 is 11.8 Å². The van der Waals surface area contributed by atoms with Gasteiger partial charge in [-0.05, 0) is 42.8 Å². The first-order chi connectivity index (χ1) is 11.7. The minimum Gasteiger partial charge on any atom is -0.349 e. The molecular formula is C18H18N4OS. The minimum absolute atomic E-state index is 0.00815. The molecule has 3 aromatic rings. The zero-order valence-corrected chi connectivity index (χ0v) is 14.1. The van der Waals surface area contributed by atoms with Crippen LogP contribution in [0.2, 0.25) is 0 Å². The Labute approximate surface area is 145 Å². The van der Waals surface area contributed by atoms with E-state index in [0.29, 0.717) is 5.75 Å². The number of nitrogens with zero attached hydrogens (tertiary/aromatic N) is 3. The van der Waals surface area contributed by atoms with Crippen LogP contribution in [0.25, 0.3) is 5.69 Å². The van der Waals surface area contributed by atoms with E-state index in [1.165, 1.54) is 11.8 Å². The smallest absolute Gasteiger partial charge is 0.230 e. The first kappa shape index (κ1) is 16.3. The number of hydrogen-bond acceptors (Lipinski definition) is 4. The van der Waals surface area contributed by atoms with E-state index >= 15 is 0 Å². The molecule has 0 aliphatic carbocycles. The summed E-state index contributed by atoms with van der Waals surface area (Å²) in [5, 5.41) is 7.27. The summed E-state index contributed by atoms with van der Waals surface area (Å²) in [6.45, 7) is 1.98. The monoisotopic (exact) mass is 338 g/mol. The molecule has 1 N–H and O–H groups in total. The fourth-order valence-corrected chi connectivity index (χ4v) is 3.00. The summed E-state index contributed by atoms with van der Waals surface area (Å²) in [5.41, 5.74) is 2.02. The van der Waals surface area contributed by atoms with Crippen molar-refractivity contribution in [3.8, 4) is 5.69 Å². The van der Waals surface area contributed by atoms with Crippen LogP contribution in [-0.2, 0) is 4.79 Å². The summed E-state index contributed by atoms with van der Waals surface area (Å²) in [6.07, 6.45) is 7.09. The van der Waals surface area contributed by atoms with Gasteiger partial charge in [0.25, 0.3) is 0 Å². The summed E-state index contributed by atoms with van der Waals surface area (Å²) in [6, 6.07) is 13.6. The average Bonchev–Trinajstić information content (AvgIpc) is 3.16. The minimum atomic E-state index is -0.0638. The lowest BCUT2D eigenvalue weighted by Crippen LogP contribution is -2.28. The van der Waals surface area contributed by atoms with Gasteiger partial charge in [0.15, 0.2) is 0 Å². The number of pyridine rings is 1. The van der Waals surface area contributed by atoms with Gasteiger partial charge in [-0.3, -0.25) is 9.78 Å². The molecule has 1 aromatic carbocycles. The van der Waals surface area contributed by atoms with Gasteiger partial charge in [0.05, 0.1) is 17.5 Å². The molecule has 0 aliphatic rings. The molecule has 0 fully saturated rings. The fourth-order valence-electron chi connectivity index (χ4n) is 2.31. The van der Waals surface area contributed by atoms with Gasteiger partial charge in [-0.2, -0.15) is 5.10 Å². The molecular weight excluding hydrogens is 320 g/mol. The predicted octanol–water partition coefficient (Wildman–Crippen LogP) is 3.24. The molecule has 1 atom stereocenters. The Kier molecular flexibility index (Phi) is 5.28. The second-order valence-corrected chi connectivity index (χ2v) is 6.36. The predicted molar refractivity (Wildman–Crippen MR) is 95.1 cm³/mol. The molecule has 0 saturated carbocycles. The van der Waals surface area contributed by atoms with Crippen LogP contribution < -0.4 is 5.32 Å². The number of carbonyl (C=O) groups is 1. The molecule has 2 aromatic heterocycles. The molecule has 24 heavy (non-hydrogen) atoms. The highest BCUT2D eigenvalue weighted by atomic mass is 32.2. The molecule has 0 radical (unpaired) electrons. The lowest BCUT2D eigenvalue weighted by molar-refractivity contribution is -0.119. The summed E-state index contributed by atoms with van der Waals surface area (Å²) >= 11 is 1.50. The molecule has 2 heterocycles. The van der Waals surface area contributed by atoms with Gasteiger partial charge in [0, 0.05) is 29.7 Å². The second kappa shape index (κ2) is 7.79. The van der Waals surface area contributed by atoms with Crippen LogP contribution in [0.5, 0.6) is 0 Å². The number of benzene rings is 1. The van der Waals surface area contributed by atoms with Gasteiger partial charge in [-0.25, -0.2) is 4.68 Å². The Morgan fingerprint density at radius 1 is 1.21 bits per heavy atom. The molecule has 3 rings (SSSR count). The average molecular weight is 338 g/mol. The number of carbonyl (C=O) groups excluding carboxylic acids is 1. The molecule has 5 nitrogen and oxygen atoms in total. The zero-order valence-electron chi connectivity index (χ0n) is 13.3. The Morgan fingerprint density at radius 2 is 2.04 bits per heavy atom. The van der Waals surface area contributed by atoms with E-state index in [-0.39, 0.29) is 11.9 Å². The van der Waals surface area contributed by atoms with E-state index in [1.54, 1.807) is 23.3 Å². The lowest BCUT2D eigenvalue weighted by atomic mass is 10.1. The number of rotatable bonds is 6. The number of amides is 1. The molecule has 0 unspecified atom stereocenters. The molecule has 0 saturated heterocycles. The van der Waals surface area contributed by atoms with Crippen molar-refractivity contribution in [3.05, 3.63) is 72.8 Å². The number of aromatic nitrogens is 3. The third kappa shape index (κ3) is 4.23. The van der Waals surface area contributed by atoms with Crippen molar-refractivity contribution >= 4 is 17.7 Å². The maximum atomic E-state index is 12.1. The van der Waals surface area contributed by atoms with E-state index in [1.807, 2.05) is 55.6 Å². The van der Waals surface area contributed by atoms with Crippen LogP contribution in [0.3, 0.4) is 0 Å². The quantitative estimate of drug-likeness (QED) is 0.701. The maximum Gasteiger partial charge on any atom is 0.230 e. The fraction of sp³-hybridized carbons (Fsp3) is 0.167. The van der Waals surface area contributed by atoms with Crippen molar-refractivity contribution in [1.82, 2.24) is 20.1 Å². The van der Waals surface area contributed by atoms with Gasteiger partial charge in [-0.1, -0.05) is 12.1 Å². The molecule has 6 heteroatoms. The summed E-state index contributed by atoms with van der Waals surface area (Å²) in [7, 11) is 0. The molecule has 0 bridgehead atoms. The van der Waals surface area contributed by atoms with Crippen molar-refractivity contribution in [3.63, 3.8) is 0 Å². The standard InChI is InChI=1S/C18H18N4OS/c1-14(21-18(23)13-24-17-6-9-19-10-7-17)15-4-2-5-16(12-15)22-11-3-8-20-22/h2-12,14H,13H2,1H3,(H,21,23)/t14-/m1/s1. The Hall–Kier alpha value is -2.60. The van der Waals surface area contributed by atoms with Gasteiger partial charge in [-0.15, -0.1) is 11.8 Å². The zero-order chi connectivity index (χ0) is 16.8. The Balaban J connectivity index is 1.59. The summed E-state index contributed by atoms with van der Waals surface area (Å²) in [5.74, 6) is 0.390. The van der Waals surface area contributed by atoms with E-state index in [0.717, 1.165) is 16.1 Å². The molecule has 1 amide bonds. The van der Waals surface area contributed by atoms with Crippen LogP contribution in [0, 0.1) is 0 Å². The number of thioether (sulfide) groups is 1. The second-order valence-electron chi connectivity index (χ2n) is 5.31. The molecule has 122 valence electrons.